The lowest BCUT2D eigenvalue weighted by molar-refractivity contribution is 0.410. The predicted octanol–water partition coefficient (Wildman–Crippen LogP) is 2.32. The molecule has 13 heavy (non-hydrogen) atoms. The normalized spacial score (nSPS) is 9.85. The molecule has 0 aliphatic rings. The van der Waals surface area contributed by atoms with Crippen molar-refractivity contribution in [1.29, 1.82) is 0 Å². The van der Waals surface area contributed by atoms with Crippen molar-refractivity contribution in [2.24, 2.45) is 0 Å². The van der Waals surface area contributed by atoms with Gasteiger partial charge in [-0.05, 0) is 18.6 Å². The average molecular weight is 179 g/mol. The Bertz CT molecular complexity index is 281. The molecule has 0 radical (unpaired) electrons. The molecule has 0 saturated carbocycles. The third kappa shape index (κ3) is 1.94. The Balaban J connectivity index is 3.19. The van der Waals surface area contributed by atoms with Gasteiger partial charge in [0.1, 0.15) is 5.75 Å². The van der Waals surface area contributed by atoms with Crippen LogP contribution in [-0.2, 0) is 6.42 Å². The Labute approximate surface area is 80.1 Å². The van der Waals surface area contributed by atoms with Gasteiger partial charge in [-0.15, -0.1) is 0 Å². The van der Waals surface area contributed by atoms with Crippen LogP contribution in [0.2, 0.25) is 0 Å². The Morgan fingerprint density at radius 1 is 1.31 bits per heavy atom. The number of hydrogen-bond donors (Lipinski definition) is 0. The Morgan fingerprint density at radius 2 is 2.00 bits per heavy atom. The third-order valence-corrected chi connectivity index (χ3v) is 2.16. The molecule has 0 fully saturated rings. The van der Waals surface area contributed by atoms with Gasteiger partial charge in [0.15, 0.2) is 0 Å². The Morgan fingerprint density at radius 3 is 2.46 bits per heavy atom. The molecule has 0 aliphatic heterocycles. The molecule has 72 valence electrons. The molecule has 0 aliphatic carbocycles. The summed E-state index contributed by atoms with van der Waals surface area (Å²) in [4.78, 5) is 2.11. The minimum absolute atomic E-state index is 0.980. The second-order valence-electron chi connectivity index (χ2n) is 3.21. The number of benzene rings is 1. The SMILES string of the molecule is CCc1c(OC)cccc1N(C)C. The zero-order valence-electron chi connectivity index (χ0n) is 8.79. The van der Waals surface area contributed by atoms with Gasteiger partial charge in [-0.25, -0.2) is 0 Å². The van der Waals surface area contributed by atoms with Gasteiger partial charge in [-0.3, -0.25) is 0 Å². The summed E-state index contributed by atoms with van der Waals surface area (Å²) in [6, 6.07) is 6.14. The molecule has 1 aromatic carbocycles. The second kappa shape index (κ2) is 4.17. The third-order valence-electron chi connectivity index (χ3n) is 2.16. The predicted molar refractivity (Wildman–Crippen MR) is 56.7 cm³/mol. The van der Waals surface area contributed by atoms with E-state index >= 15 is 0 Å². The van der Waals surface area contributed by atoms with Crippen LogP contribution in [-0.4, -0.2) is 21.2 Å². The molecule has 1 aromatic rings. The number of nitrogens with zero attached hydrogens (tertiary/aromatic N) is 1. The van der Waals surface area contributed by atoms with Gasteiger partial charge < -0.3 is 9.64 Å². The summed E-state index contributed by atoms with van der Waals surface area (Å²) in [5.74, 6) is 0.980. The van der Waals surface area contributed by atoms with E-state index in [9.17, 15) is 0 Å². The number of ether oxygens (including phenoxy) is 1. The Hall–Kier alpha value is -1.18. The van der Waals surface area contributed by atoms with Gasteiger partial charge >= 0.3 is 0 Å². The van der Waals surface area contributed by atoms with Gasteiger partial charge in [0.2, 0.25) is 0 Å². The molecular formula is C11H17NO. The molecule has 1 rings (SSSR count). The zero-order chi connectivity index (χ0) is 9.84. The van der Waals surface area contributed by atoms with Crippen molar-refractivity contribution < 1.29 is 4.74 Å². The van der Waals surface area contributed by atoms with Crippen LogP contribution >= 0.6 is 0 Å². The highest BCUT2D eigenvalue weighted by molar-refractivity contribution is 5.58. The number of rotatable bonds is 3. The lowest BCUT2D eigenvalue weighted by atomic mass is 10.1. The smallest absolute Gasteiger partial charge is 0.124 e. The summed E-state index contributed by atoms with van der Waals surface area (Å²) >= 11 is 0. The molecular weight excluding hydrogens is 162 g/mol. The van der Waals surface area contributed by atoms with E-state index in [1.54, 1.807) is 7.11 Å². The average Bonchev–Trinajstić information content (AvgIpc) is 2.16. The maximum absolute atomic E-state index is 5.30. The van der Waals surface area contributed by atoms with Crippen molar-refractivity contribution in [2.45, 2.75) is 13.3 Å². The fraction of sp³-hybridized carbons (Fsp3) is 0.455. The Kier molecular flexibility index (Phi) is 3.18. The topological polar surface area (TPSA) is 12.5 Å². The minimum atomic E-state index is 0.980. The molecule has 2 heteroatoms. The fourth-order valence-electron chi connectivity index (χ4n) is 1.52. The van der Waals surface area contributed by atoms with Crippen molar-refractivity contribution in [3.05, 3.63) is 23.8 Å². The molecule has 0 amide bonds. The summed E-state index contributed by atoms with van der Waals surface area (Å²) in [5.41, 5.74) is 2.51. The first kappa shape index (κ1) is 9.90. The fourth-order valence-corrected chi connectivity index (χ4v) is 1.52. The van der Waals surface area contributed by atoms with Gasteiger partial charge in [0.05, 0.1) is 7.11 Å². The van der Waals surface area contributed by atoms with E-state index < -0.39 is 0 Å². The van der Waals surface area contributed by atoms with E-state index in [2.05, 4.69) is 17.9 Å². The number of methoxy groups -OCH3 is 1. The maximum atomic E-state index is 5.30. The quantitative estimate of drug-likeness (QED) is 0.706. The lowest BCUT2D eigenvalue weighted by Gasteiger charge is -2.18. The molecule has 0 bridgehead atoms. The van der Waals surface area contributed by atoms with Crippen LogP contribution in [0, 0.1) is 0 Å². The molecule has 0 atom stereocenters. The minimum Gasteiger partial charge on any atom is -0.496 e. The van der Waals surface area contributed by atoms with E-state index in [-0.39, 0.29) is 0 Å². The first-order valence-corrected chi connectivity index (χ1v) is 4.54. The monoisotopic (exact) mass is 179 g/mol. The van der Waals surface area contributed by atoms with Crippen molar-refractivity contribution in [3.8, 4) is 5.75 Å². The van der Waals surface area contributed by atoms with Crippen molar-refractivity contribution >= 4 is 5.69 Å². The van der Waals surface area contributed by atoms with E-state index in [4.69, 9.17) is 4.74 Å². The molecule has 0 saturated heterocycles. The van der Waals surface area contributed by atoms with Crippen LogP contribution < -0.4 is 9.64 Å². The standard InChI is InChI=1S/C11H17NO/c1-5-9-10(12(2)3)7-6-8-11(9)13-4/h6-8H,5H2,1-4H3. The molecule has 0 unspecified atom stereocenters. The van der Waals surface area contributed by atoms with E-state index in [1.165, 1.54) is 11.3 Å². The number of hydrogen-bond acceptors (Lipinski definition) is 2. The highest BCUT2D eigenvalue weighted by Gasteiger charge is 2.07. The van der Waals surface area contributed by atoms with Crippen molar-refractivity contribution in [3.63, 3.8) is 0 Å². The zero-order valence-corrected chi connectivity index (χ0v) is 8.79. The van der Waals surface area contributed by atoms with E-state index in [0.717, 1.165) is 12.2 Å². The van der Waals surface area contributed by atoms with Crippen LogP contribution in [0.4, 0.5) is 5.69 Å². The van der Waals surface area contributed by atoms with E-state index in [0.29, 0.717) is 0 Å². The van der Waals surface area contributed by atoms with Gasteiger partial charge in [-0.1, -0.05) is 13.0 Å². The highest BCUT2D eigenvalue weighted by atomic mass is 16.5. The lowest BCUT2D eigenvalue weighted by Crippen LogP contribution is -2.11. The van der Waals surface area contributed by atoms with Crippen molar-refractivity contribution in [2.75, 3.05) is 26.1 Å². The van der Waals surface area contributed by atoms with Gasteiger partial charge in [-0.2, -0.15) is 0 Å². The number of anilines is 1. The summed E-state index contributed by atoms with van der Waals surface area (Å²) in [6.45, 7) is 2.14. The van der Waals surface area contributed by atoms with Crippen molar-refractivity contribution in [1.82, 2.24) is 0 Å². The first-order chi connectivity index (χ1) is 6.20. The van der Waals surface area contributed by atoms with Crippen LogP contribution in [0.5, 0.6) is 5.75 Å². The summed E-state index contributed by atoms with van der Waals surface area (Å²) < 4.78 is 5.30. The molecule has 0 aromatic heterocycles. The van der Waals surface area contributed by atoms with Gasteiger partial charge in [0.25, 0.3) is 0 Å². The highest BCUT2D eigenvalue weighted by Crippen LogP contribution is 2.28. The van der Waals surface area contributed by atoms with Crippen LogP contribution in [0.1, 0.15) is 12.5 Å². The second-order valence-corrected chi connectivity index (χ2v) is 3.21. The first-order valence-electron chi connectivity index (χ1n) is 4.54. The van der Waals surface area contributed by atoms with Crippen LogP contribution in [0.15, 0.2) is 18.2 Å². The van der Waals surface area contributed by atoms with Gasteiger partial charge in [0, 0.05) is 25.3 Å². The molecule has 0 N–H and O–H groups in total. The largest absolute Gasteiger partial charge is 0.496 e. The summed E-state index contributed by atoms with van der Waals surface area (Å²) in [7, 11) is 5.82. The van der Waals surface area contributed by atoms with Crippen LogP contribution in [0.3, 0.4) is 0 Å². The molecule has 0 spiro atoms. The summed E-state index contributed by atoms with van der Waals surface area (Å²) in [5, 5.41) is 0. The van der Waals surface area contributed by atoms with Crippen LogP contribution in [0.25, 0.3) is 0 Å². The molecule has 0 heterocycles. The van der Waals surface area contributed by atoms with E-state index in [1.807, 2.05) is 26.2 Å². The summed E-state index contributed by atoms with van der Waals surface area (Å²) in [6.07, 6.45) is 0.998. The maximum Gasteiger partial charge on any atom is 0.124 e. The molecule has 2 nitrogen and oxygen atoms in total.